The van der Waals surface area contributed by atoms with Crippen LogP contribution >= 0.6 is 0 Å². The van der Waals surface area contributed by atoms with Crippen molar-refractivity contribution >= 4 is 10.9 Å². The Labute approximate surface area is 89.7 Å². The van der Waals surface area contributed by atoms with Crippen LogP contribution < -0.4 is 0 Å². The van der Waals surface area contributed by atoms with Crippen LogP contribution in [0, 0.1) is 25.2 Å². The minimum Gasteiger partial charge on any atom is -0.344 e. The van der Waals surface area contributed by atoms with Gasteiger partial charge in [-0.2, -0.15) is 5.26 Å². The summed E-state index contributed by atoms with van der Waals surface area (Å²) < 4.78 is 2.20. The molecule has 2 heteroatoms. The van der Waals surface area contributed by atoms with Crippen molar-refractivity contribution in [3.8, 4) is 6.07 Å². The molecule has 0 spiro atoms. The second-order valence-corrected chi connectivity index (χ2v) is 3.84. The lowest BCUT2D eigenvalue weighted by Crippen LogP contribution is -1.96. The van der Waals surface area contributed by atoms with Crippen LogP contribution in [0.4, 0.5) is 0 Å². The zero-order chi connectivity index (χ0) is 11.0. The highest BCUT2D eigenvalue weighted by Gasteiger charge is 2.12. The number of fused-ring (bicyclic) bond motifs is 1. The molecule has 0 unspecified atom stereocenters. The highest BCUT2D eigenvalue weighted by atomic mass is 15.0. The van der Waals surface area contributed by atoms with E-state index < -0.39 is 0 Å². The molecule has 0 aliphatic carbocycles. The zero-order valence-electron chi connectivity index (χ0n) is 9.33. The van der Waals surface area contributed by atoms with Gasteiger partial charge in [0, 0.05) is 23.1 Å². The van der Waals surface area contributed by atoms with Crippen LogP contribution in [0.1, 0.15) is 23.7 Å². The number of nitriles is 1. The first-order valence-corrected chi connectivity index (χ1v) is 5.18. The molecule has 0 amide bonds. The van der Waals surface area contributed by atoms with E-state index in [1.165, 1.54) is 11.1 Å². The van der Waals surface area contributed by atoms with Gasteiger partial charge in [0.05, 0.1) is 5.56 Å². The molecule has 0 saturated heterocycles. The third-order valence-electron chi connectivity index (χ3n) is 2.91. The maximum Gasteiger partial charge on any atom is 0.102 e. The topological polar surface area (TPSA) is 28.7 Å². The molecule has 1 aromatic heterocycles. The third kappa shape index (κ3) is 1.32. The van der Waals surface area contributed by atoms with Crippen LogP contribution in [0.15, 0.2) is 18.2 Å². The van der Waals surface area contributed by atoms with Crippen LogP contribution in [0.3, 0.4) is 0 Å². The molecule has 1 aromatic carbocycles. The van der Waals surface area contributed by atoms with Crippen molar-refractivity contribution in [2.75, 3.05) is 0 Å². The van der Waals surface area contributed by atoms with E-state index in [1.54, 1.807) is 0 Å². The molecule has 2 rings (SSSR count). The summed E-state index contributed by atoms with van der Waals surface area (Å²) in [5.74, 6) is 0. The minimum absolute atomic E-state index is 0.812. The van der Waals surface area contributed by atoms with Gasteiger partial charge >= 0.3 is 0 Å². The molecule has 0 fully saturated rings. The highest BCUT2D eigenvalue weighted by molar-refractivity contribution is 5.88. The van der Waals surface area contributed by atoms with E-state index in [-0.39, 0.29) is 0 Å². The van der Waals surface area contributed by atoms with Crippen molar-refractivity contribution < 1.29 is 0 Å². The second-order valence-electron chi connectivity index (χ2n) is 3.84. The van der Waals surface area contributed by atoms with E-state index in [0.717, 1.165) is 23.2 Å². The Morgan fingerprint density at radius 3 is 2.67 bits per heavy atom. The smallest absolute Gasteiger partial charge is 0.102 e. The van der Waals surface area contributed by atoms with Crippen molar-refractivity contribution in [1.82, 2.24) is 4.57 Å². The number of hydrogen-bond acceptors (Lipinski definition) is 1. The Hall–Kier alpha value is -1.75. The summed E-state index contributed by atoms with van der Waals surface area (Å²) in [6.07, 6.45) is 0. The van der Waals surface area contributed by atoms with E-state index in [1.807, 2.05) is 13.0 Å². The summed E-state index contributed by atoms with van der Waals surface area (Å²) in [5, 5.41) is 10.2. The van der Waals surface area contributed by atoms with Crippen LogP contribution in [0.2, 0.25) is 0 Å². The molecule has 2 nitrogen and oxygen atoms in total. The average molecular weight is 198 g/mol. The Bertz CT molecular complexity index is 556. The zero-order valence-corrected chi connectivity index (χ0v) is 9.33. The molecule has 0 bridgehead atoms. The third-order valence-corrected chi connectivity index (χ3v) is 2.91. The molecule has 15 heavy (non-hydrogen) atoms. The summed E-state index contributed by atoms with van der Waals surface area (Å²) in [6.45, 7) is 7.11. The molecule has 0 atom stereocenters. The van der Waals surface area contributed by atoms with Gasteiger partial charge < -0.3 is 4.57 Å². The molecule has 0 N–H and O–H groups in total. The molecule has 0 radical (unpaired) electrons. The normalized spacial score (nSPS) is 10.5. The predicted molar refractivity (Wildman–Crippen MR) is 61.8 cm³/mol. The molecular weight excluding hydrogens is 184 g/mol. The van der Waals surface area contributed by atoms with E-state index in [2.05, 4.69) is 36.6 Å². The number of aryl methyl sites for hydroxylation is 2. The molecule has 2 aromatic rings. The Morgan fingerprint density at radius 2 is 2.07 bits per heavy atom. The van der Waals surface area contributed by atoms with Gasteiger partial charge in [-0.3, -0.25) is 0 Å². The van der Waals surface area contributed by atoms with E-state index in [4.69, 9.17) is 5.26 Å². The Balaban J connectivity index is 2.93. The summed E-state index contributed by atoms with van der Waals surface area (Å²) >= 11 is 0. The Kier molecular flexibility index (Phi) is 2.24. The molecule has 0 saturated carbocycles. The van der Waals surface area contributed by atoms with Crippen molar-refractivity contribution in [3.05, 3.63) is 35.0 Å². The van der Waals surface area contributed by atoms with Gasteiger partial charge in [0.25, 0.3) is 0 Å². The van der Waals surface area contributed by atoms with Crippen LogP contribution in [0.5, 0.6) is 0 Å². The van der Waals surface area contributed by atoms with Gasteiger partial charge in [-0.1, -0.05) is 12.1 Å². The quantitative estimate of drug-likeness (QED) is 0.692. The maximum absolute atomic E-state index is 9.13. The average Bonchev–Trinajstić information content (AvgIpc) is 2.48. The predicted octanol–water partition coefficient (Wildman–Crippen LogP) is 3.15. The fourth-order valence-corrected chi connectivity index (χ4v) is 2.14. The highest BCUT2D eigenvalue weighted by Crippen LogP contribution is 2.25. The van der Waals surface area contributed by atoms with Crippen molar-refractivity contribution in [2.45, 2.75) is 27.3 Å². The van der Waals surface area contributed by atoms with Crippen LogP contribution in [-0.4, -0.2) is 4.57 Å². The second kappa shape index (κ2) is 3.43. The van der Waals surface area contributed by atoms with Gasteiger partial charge in [0.2, 0.25) is 0 Å². The molecular formula is C13H14N2. The molecule has 76 valence electrons. The maximum atomic E-state index is 9.13. The lowest BCUT2D eigenvalue weighted by Gasteiger charge is -2.03. The fraction of sp³-hybridized carbons (Fsp3) is 0.308. The first kappa shape index (κ1) is 9.79. The van der Waals surface area contributed by atoms with E-state index in [0.29, 0.717) is 0 Å². The number of rotatable bonds is 1. The van der Waals surface area contributed by atoms with Crippen molar-refractivity contribution in [2.24, 2.45) is 0 Å². The standard InChI is InChI=1S/C13H14N2/c1-4-15-10(3)12(8-14)11-6-5-9(2)7-13(11)15/h5-7H,4H2,1-3H3. The summed E-state index contributed by atoms with van der Waals surface area (Å²) in [4.78, 5) is 0. The fourth-order valence-electron chi connectivity index (χ4n) is 2.14. The summed E-state index contributed by atoms with van der Waals surface area (Å²) in [7, 11) is 0. The largest absolute Gasteiger partial charge is 0.344 e. The number of benzene rings is 1. The minimum atomic E-state index is 0.812. The van der Waals surface area contributed by atoms with Gasteiger partial charge in [-0.15, -0.1) is 0 Å². The Morgan fingerprint density at radius 1 is 1.33 bits per heavy atom. The van der Waals surface area contributed by atoms with Gasteiger partial charge in [0.1, 0.15) is 6.07 Å². The first-order valence-electron chi connectivity index (χ1n) is 5.18. The number of aromatic nitrogens is 1. The monoisotopic (exact) mass is 198 g/mol. The van der Waals surface area contributed by atoms with Crippen LogP contribution in [-0.2, 0) is 6.54 Å². The van der Waals surface area contributed by atoms with Crippen molar-refractivity contribution in [3.63, 3.8) is 0 Å². The van der Waals surface area contributed by atoms with E-state index in [9.17, 15) is 0 Å². The van der Waals surface area contributed by atoms with E-state index >= 15 is 0 Å². The lowest BCUT2D eigenvalue weighted by molar-refractivity contribution is 0.768. The summed E-state index contributed by atoms with van der Waals surface area (Å²) in [5.41, 5.74) is 4.29. The molecule has 1 heterocycles. The summed E-state index contributed by atoms with van der Waals surface area (Å²) in [6, 6.07) is 8.54. The van der Waals surface area contributed by atoms with Gasteiger partial charge in [0.15, 0.2) is 0 Å². The SMILES string of the molecule is CCn1c(C)c(C#N)c2ccc(C)cc21. The lowest BCUT2D eigenvalue weighted by atomic mass is 10.1. The number of hydrogen-bond donors (Lipinski definition) is 0. The van der Waals surface area contributed by atoms with Crippen molar-refractivity contribution in [1.29, 1.82) is 5.26 Å². The van der Waals surface area contributed by atoms with Crippen LogP contribution in [0.25, 0.3) is 10.9 Å². The van der Waals surface area contributed by atoms with Gasteiger partial charge in [-0.05, 0) is 32.4 Å². The molecule has 0 aliphatic heterocycles. The first-order chi connectivity index (χ1) is 7.19. The van der Waals surface area contributed by atoms with Gasteiger partial charge in [-0.25, -0.2) is 0 Å². The molecule has 0 aliphatic rings. The number of nitrogens with zero attached hydrogens (tertiary/aromatic N) is 2.